The van der Waals surface area contributed by atoms with Gasteiger partial charge in [-0.1, -0.05) is 23.9 Å². The van der Waals surface area contributed by atoms with Crippen molar-refractivity contribution >= 4 is 49.4 Å². The molecule has 4 aromatic rings. The molecule has 0 bridgehead atoms. The maximum Gasteiger partial charge on any atom is 0.272 e. The van der Waals surface area contributed by atoms with Gasteiger partial charge in [0.15, 0.2) is 5.16 Å². The molecule has 0 unspecified atom stereocenters. The summed E-state index contributed by atoms with van der Waals surface area (Å²) in [5.41, 5.74) is 1.48. The zero-order valence-corrected chi connectivity index (χ0v) is 20.3. The average Bonchev–Trinajstić information content (AvgIpc) is 3.51. The van der Waals surface area contributed by atoms with Crippen LogP contribution in [-0.2, 0) is 22.6 Å². The lowest BCUT2D eigenvalue weighted by Crippen LogP contribution is -2.29. The Hall–Kier alpha value is -2.95. The molecule has 1 aromatic carbocycles. The third kappa shape index (κ3) is 4.79. The molecule has 1 aliphatic heterocycles. The molecule has 0 radical (unpaired) electrons. The largest absolute Gasteiger partial charge is 0.497 e. The number of pyridine rings is 1. The molecular formula is C24H24N4O4S2. The zero-order valence-electron chi connectivity index (χ0n) is 18.7. The highest BCUT2D eigenvalue weighted by atomic mass is 32.2. The van der Waals surface area contributed by atoms with Crippen molar-refractivity contribution in [2.45, 2.75) is 37.2 Å². The lowest BCUT2D eigenvalue weighted by atomic mass is 10.2. The minimum atomic E-state index is -0.136. The molecule has 1 saturated heterocycles. The smallest absolute Gasteiger partial charge is 0.272 e. The van der Waals surface area contributed by atoms with E-state index in [4.69, 9.17) is 14.5 Å². The van der Waals surface area contributed by atoms with E-state index in [1.807, 2.05) is 36.4 Å². The van der Waals surface area contributed by atoms with Gasteiger partial charge < -0.3 is 14.8 Å². The molecule has 0 spiro atoms. The molecule has 1 fully saturated rings. The Balaban J connectivity index is 1.38. The number of aromatic nitrogens is 3. The van der Waals surface area contributed by atoms with Crippen LogP contribution in [-0.4, -0.2) is 46.0 Å². The maximum atomic E-state index is 13.4. The molecule has 10 heteroatoms. The molecule has 34 heavy (non-hydrogen) atoms. The van der Waals surface area contributed by atoms with Crippen LogP contribution >= 0.6 is 23.1 Å². The van der Waals surface area contributed by atoms with Crippen molar-refractivity contribution in [3.8, 4) is 5.75 Å². The Kier molecular flexibility index (Phi) is 6.80. The number of thioether (sulfide) groups is 1. The van der Waals surface area contributed by atoms with Crippen LogP contribution in [0, 0.1) is 0 Å². The van der Waals surface area contributed by atoms with E-state index in [0.717, 1.165) is 34.4 Å². The predicted octanol–water partition coefficient (Wildman–Crippen LogP) is 3.60. The Bertz CT molecular complexity index is 1400. The lowest BCUT2D eigenvalue weighted by Gasteiger charge is -2.15. The van der Waals surface area contributed by atoms with Gasteiger partial charge in [-0.05, 0) is 42.7 Å². The van der Waals surface area contributed by atoms with Crippen LogP contribution in [0.2, 0.25) is 0 Å². The SMILES string of the molecule is COc1cccc(CNC(=O)CSc2nc3c(sc4ncccc43)c(=O)n2C[C@H]2CCCO2)c1. The van der Waals surface area contributed by atoms with Gasteiger partial charge in [-0.25, -0.2) is 9.97 Å². The first kappa shape index (κ1) is 22.8. The number of amides is 1. The molecule has 0 saturated carbocycles. The van der Waals surface area contributed by atoms with Gasteiger partial charge in [0.25, 0.3) is 5.56 Å². The second kappa shape index (κ2) is 10.1. The zero-order chi connectivity index (χ0) is 23.5. The van der Waals surface area contributed by atoms with Crippen LogP contribution in [0.25, 0.3) is 20.4 Å². The van der Waals surface area contributed by atoms with Crippen LogP contribution in [0.4, 0.5) is 0 Å². The first-order chi connectivity index (χ1) is 16.6. The molecule has 4 heterocycles. The minimum absolute atomic E-state index is 0.0225. The lowest BCUT2D eigenvalue weighted by molar-refractivity contribution is -0.118. The van der Waals surface area contributed by atoms with Crippen molar-refractivity contribution in [2.24, 2.45) is 0 Å². The van der Waals surface area contributed by atoms with Crippen LogP contribution < -0.4 is 15.6 Å². The maximum absolute atomic E-state index is 13.4. The summed E-state index contributed by atoms with van der Waals surface area (Å²) in [5.74, 6) is 0.755. The summed E-state index contributed by atoms with van der Waals surface area (Å²) in [5, 5.41) is 4.30. The van der Waals surface area contributed by atoms with E-state index in [1.54, 1.807) is 17.9 Å². The van der Waals surface area contributed by atoms with Gasteiger partial charge in [0.05, 0.1) is 31.0 Å². The third-order valence-corrected chi connectivity index (χ3v) is 7.75. The van der Waals surface area contributed by atoms with Crippen LogP contribution in [0.5, 0.6) is 5.75 Å². The molecule has 5 rings (SSSR count). The van der Waals surface area contributed by atoms with E-state index in [1.165, 1.54) is 23.1 Å². The number of fused-ring (bicyclic) bond motifs is 3. The molecule has 1 atom stereocenters. The van der Waals surface area contributed by atoms with Gasteiger partial charge in [0, 0.05) is 24.7 Å². The van der Waals surface area contributed by atoms with Crippen molar-refractivity contribution in [1.29, 1.82) is 0 Å². The summed E-state index contributed by atoms with van der Waals surface area (Å²) in [6.07, 6.45) is 3.58. The van der Waals surface area contributed by atoms with Crippen molar-refractivity contribution in [2.75, 3.05) is 19.5 Å². The normalized spacial score (nSPS) is 15.7. The number of carbonyl (C=O) groups excluding carboxylic acids is 1. The first-order valence-electron chi connectivity index (χ1n) is 11.0. The predicted molar refractivity (Wildman–Crippen MR) is 134 cm³/mol. The number of hydrogen-bond acceptors (Lipinski definition) is 8. The second-order valence-corrected chi connectivity index (χ2v) is 9.94. The standard InChI is InChI=1S/C24H24N4O4S2/c1-31-16-6-2-5-15(11-16)12-26-19(29)14-33-24-27-20-18-8-3-9-25-22(18)34-21(20)23(30)28(24)13-17-7-4-10-32-17/h2-3,5-6,8-9,11,17H,4,7,10,12-14H2,1H3,(H,26,29)/t17-/m1/s1. The second-order valence-electron chi connectivity index (χ2n) is 8.00. The number of carbonyl (C=O) groups is 1. The summed E-state index contributed by atoms with van der Waals surface area (Å²) in [7, 11) is 1.61. The monoisotopic (exact) mass is 496 g/mol. The van der Waals surface area contributed by atoms with Crippen molar-refractivity contribution in [3.63, 3.8) is 0 Å². The Labute approximate surface area is 204 Å². The van der Waals surface area contributed by atoms with E-state index in [9.17, 15) is 9.59 Å². The van der Waals surface area contributed by atoms with E-state index in [-0.39, 0.29) is 23.3 Å². The summed E-state index contributed by atoms with van der Waals surface area (Å²) < 4.78 is 13.3. The quantitative estimate of drug-likeness (QED) is 0.294. The Morgan fingerprint density at radius 2 is 2.26 bits per heavy atom. The molecule has 0 aliphatic carbocycles. The number of nitrogens with one attached hydrogen (secondary N) is 1. The van der Waals surface area contributed by atoms with Gasteiger partial charge in [-0.15, -0.1) is 11.3 Å². The highest BCUT2D eigenvalue weighted by molar-refractivity contribution is 7.99. The Morgan fingerprint density at radius 1 is 1.35 bits per heavy atom. The van der Waals surface area contributed by atoms with Gasteiger partial charge in [0.2, 0.25) is 5.91 Å². The number of benzene rings is 1. The van der Waals surface area contributed by atoms with E-state index in [2.05, 4.69) is 10.3 Å². The number of hydrogen-bond donors (Lipinski definition) is 1. The van der Waals surface area contributed by atoms with E-state index < -0.39 is 0 Å². The van der Waals surface area contributed by atoms with Crippen molar-refractivity contribution in [1.82, 2.24) is 19.9 Å². The fourth-order valence-corrected chi connectivity index (χ4v) is 5.83. The van der Waals surface area contributed by atoms with E-state index in [0.29, 0.717) is 35.1 Å². The van der Waals surface area contributed by atoms with Gasteiger partial charge >= 0.3 is 0 Å². The molecule has 1 aliphatic rings. The van der Waals surface area contributed by atoms with Gasteiger partial charge in [-0.3, -0.25) is 14.2 Å². The van der Waals surface area contributed by atoms with Crippen LogP contribution in [0.15, 0.2) is 52.5 Å². The highest BCUT2D eigenvalue weighted by Crippen LogP contribution is 2.31. The number of methoxy groups -OCH3 is 1. The molecule has 176 valence electrons. The molecule has 1 amide bonds. The molecule has 3 aromatic heterocycles. The molecule has 8 nitrogen and oxygen atoms in total. The van der Waals surface area contributed by atoms with Crippen molar-refractivity contribution in [3.05, 3.63) is 58.5 Å². The van der Waals surface area contributed by atoms with Gasteiger partial charge in [0.1, 0.15) is 15.3 Å². The fraction of sp³-hybridized carbons (Fsp3) is 0.333. The highest BCUT2D eigenvalue weighted by Gasteiger charge is 2.22. The Morgan fingerprint density at radius 3 is 3.09 bits per heavy atom. The number of nitrogens with zero attached hydrogens (tertiary/aromatic N) is 3. The van der Waals surface area contributed by atoms with Crippen molar-refractivity contribution < 1.29 is 14.3 Å². The summed E-state index contributed by atoms with van der Waals surface area (Å²) in [6.45, 7) is 1.53. The first-order valence-corrected chi connectivity index (χ1v) is 12.8. The van der Waals surface area contributed by atoms with Gasteiger partial charge in [-0.2, -0.15) is 0 Å². The fourth-order valence-electron chi connectivity index (χ4n) is 3.97. The average molecular weight is 497 g/mol. The third-order valence-electron chi connectivity index (χ3n) is 5.68. The number of ether oxygens (including phenoxy) is 2. The topological polar surface area (TPSA) is 95.3 Å². The van der Waals surface area contributed by atoms with Crippen LogP contribution in [0.1, 0.15) is 18.4 Å². The summed E-state index contributed by atoms with van der Waals surface area (Å²) >= 11 is 2.62. The van der Waals surface area contributed by atoms with E-state index >= 15 is 0 Å². The number of thiophene rings is 1. The summed E-state index contributed by atoms with van der Waals surface area (Å²) in [6, 6.07) is 11.3. The number of rotatable bonds is 8. The molecular weight excluding hydrogens is 472 g/mol. The molecule has 1 N–H and O–H groups in total. The van der Waals surface area contributed by atoms with Crippen LogP contribution in [0.3, 0.4) is 0 Å². The minimum Gasteiger partial charge on any atom is -0.497 e. The summed E-state index contributed by atoms with van der Waals surface area (Å²) in [4.78, 5) is 36.0.